The molecule has 0 saturated carbocycles. The third-order valence-corrected chi connectivity index (χ3v) is 3.63. The molecule has 2 aromatic rings. The SMILES string of the molecule is CC(=O)N(C)CCOC(c1ccc(Cl)cc1)c1ccccn1. The van der Waals surface area contributed by atoms with Gasteiger partial charge in [0, 0.05) is 31.7 Å². The summed E-state index contributed by atoms with van der Waals surface area (Å²) in [5, 5.41) is 0.680. The molecule has 0 saturated heterocycles. The summed E-state index contributed by atoms with van der Waals surface area (Å²) in [6, 6.07) is 13.2. The van der Waals surface area contributed by atoms with Crippen LogP contribution in [0.2, 0.25) is 5.02 Å². The van der Waals surface area contributed by atoms with Crippen LogP contribution >= 0.6 is 11.6 Å². The minimum absolute atomic E-state index is 0.0180. The first-order chi connectivity index (χ1) is 10.6. The van der Waals surface area contributed by atoms with Gasteiger partial charge >= 0.3 is 0 Å². The summed E-state index contributed by atoms with van der Waals surface area (Å²) in [7, 11) is 1.75. The molecule has 0 aliphatic rings. The smallest absolute Gasteiger partial charge is 0.219 e. The fraction of sp³-hybridized carbons (Fsp3) is 0.294. The maximum atomic E-state index is 11.2. The predicted molar refractivity (Wildman–Crippen MR) is 86.8 cm³/mol. The van der Waals surface area contributed by atoms with Crippen molar-refractivity contribution in [1.29, 1.82) is 0 Å². The average Bonchev–Trinajstić information content (AvgIpc) is 2.53. The Morgan fingerprint density at radius 1 is 1.27 bits per heavy atom. The zero-order valence-corrected chi connectivity index (χ0v) is 13.5. The van der Waals surface area contributed by atoms with Crippen molar-refractivity contribution in [2.45, 2.75) is 13.0 Å². The number of amides is 1. The van der Waals surface area contributed by atoms with Crippen LogP contribution in [0.15, 0.2) is 48.7 Å². The first kappa shape index (κ1) is 16.5. The lowest BCUT2D eigenvalue weighted by atomic mass is 10.1. The topological polar surface area (TPSA) is 42.4 Å². The van der Waals surface area contributed by atoms with Gasteiger partial charge in [-0.25, -0.2) is 0 Å². The van der Waals surface area contributed by atoms with Crippen molar-refractivity contribution in [3.8, 4) is 0 Å². The molecule has 0 spiro atoms. The Morgan fingerprint density at radius 2 is 2.00 bits per heavy atom. The number of likely N-dealkylation sites (N-methyl/N-ethyl adjacent to an activating group) is 1. The van der Waals surface area contributed by atoms with E-state index in [1.807, 2.05) is 42.5 Å². The Hall–Kier alpha value is -1.91. The highest BCUT2D eigenvalue weighted by atomic mass is 35.5. The number of pyridine rings is 1. The number of aromatic nitrogens is 1. The number of carbonyl (C=O) groups is 1. The zero-order chi connectivity index (χ0) is 15.9. The van der Waals surface area contributed by atoms with E-state index in [-0.39, 0.29) is 12.0 Å². The molecule has 22 heavy (non-hydrogen) atoms. The highest BCUT2D eigenvalue weighted by molar-refractivity contribution is 6.30. The van der Waals surface area contributed by atoms with Crippen molar-refractivity contribution in [2.24, 2.45) is 0 Å². The summed E-state index contributed by atoms with van der Waals surface area (Å²) < 4.78 is 5.98. The minimum atomic E-state index is -0.279. The average molecular weight is 319 g/mol. The highest BCUT2D eigenvalue weighted by Gasteiger charge is 2.16. The summed E-state index contributed by atoms with van der Waals surface area (Å²) in [5.41, 5.74) is 1.81. The van der Waals surface area contributed by atoms with E-state index >= 15 is 0 Å². The maximum Gasteiger partial charge on any atom is 0.219 e. The largest absolute Gasteiger partial charge is 0.365 e. The van der Waals surface area contributed by atoms with Gasteiger partial charge < -0.3 is 9.64 Å². The van der Waals surface area contributed by atoms with E-state index in [2.05, 4.69) is 4.98 Å². The molecular weight excluding hydrogens is 300 g/mol. The first-order valence-electron chi connectivity index (χ1n) is 7.07. The maximum absolute atomic E-state index is 11.2. The van der Waals surface area contributed by atoms with Crippen LogP contribution in [-0.4, -0.2) is 36.0 Å². The summed E-state index contributed by atoms with van der Waals surface area (Å²) in [5.74, 6) is 0.0180. The van der Waals surface area contributed by atoms with E-state index in [1.165, 1.54) is 6.92 Å². The van der Waals surface area contributed by atoms with Gasteiger partial charge in [0.1, 0.15) is 6.10 Å². The number of nitrogens with zero attached hydrogens (tertiary/aromatic N) is 2. The molecule has 0 aliphatic carbocycles. The molecule has 0 fully saturated rings. The van der Waals surface area contributed by atoms with Crippen LogP contribution in [0, 0.1) is 0 Å². The number of hydrogen-bond donors (Lipinski definition) is 0. The number of hydrogen-bond acceptors (Lipinski definition) is 3. The van der Waals surface area contributed by atoms with E-state index in [9.17, 15) is 4.79 Å². The third-order valence-electron chi connectivity index (χ3n) is 3.38. The van der Waals surface area contributed by atoms with Crippen molar-refractivity contribution in [2.75, 3.05) is 20.2 Å². The molecule has 0 bridgehead atoms. The molecule has 0 aliphatic heterocycles. The van der Waals surface area contributed by atoms with E-state index in [0.717, 1.165) is 11.3 Å². The fourth-order valence-corrected chi connectivity index (χ4v) is 2.11. The van der Waals surface area contributed by atoms with Crippen LogP contribution in [0.5, 0.6) is 0 Å². The number of ether oxygens (including phenoxy) is 1. The molecule has 1 aromatic heterocycles. The minimum Gasteiger partial charge on any atom is -0.365 e. The van der Waals surface area contributed by atoms with E-state index < -0.39 is 0 Å². The normalized spacial score (nSPS) is 12.0. The van der Waals surface area contributed by atoms with Crippen molar-refractivity contribution in [3.05, 3.63) is 64.9 Å². The van der Waals surface area contributed by atoms with Crippen LogP contribution < -0.4 is 0 Å². The number of carbonyl (C=O) groups excluding carboxylic acids is 1. The molecule has 0 N–H and O–H groups in total. The van der Waals surface area contributed by atoms with Crippen molar-refractivity contribution in [1.82, 2.24) is 9.88 Å². The summed E-state index contributed by atoms with van der Waals surface area (Å²) in [4.78, 5) is 17.2. The standard InChI is InChI=1S/C17H19ClN2O2/c1-13(21)20(2)11-12-22-17(16-5-3-4-10-19-16)14-6-8-15(18)9-7-14/h3-10,17H,11-12H2,1-2H3. The van der Waals surface area contributed by atoms with Gasteiger partial charge in [-0.05, 0) is 29.8 Å². The van der Waals surface area contributed by atoms with Gasteiger partial charge in [0.05, 0.1) is 12.3 Å². The Morgan fingerprint density at radius 3 is 2.59 bits per heavy atom. The molecule has 2 rings (SSSR count). The highest BCUT2D eigenvalue weighted by Crippen LogP contribution is 2.25. The zero-order valence-electron chi connectivity index (χ0n) is 12.7. The third kappa shape index (κ3) is 4.55. The van der Waals surface area contributed by atoms with Crippen molar-refractivity contribution in [3.63, 3.8) is 0 Å². The number of benzene rings is 1. The summed E-state index contributed by atoms with van der Waals surface area (Å²) >= 11 is 5.94. The molecule has 4 nitrogen and oxygen atoms in total. The van der Waals surface area contributed by atoms with Gasteiger partial charge in [0.25, 0.3) is 0 Å². The van der Waals surface area contributed by atoms with Crippen molar-refractivity contribution >= 4 is 17.5 Å². The molecule has 1 unspecified atom stereocenters. The van der Waals surface area contributed by atoms with Gasteiger partial charge in [0.2, 0.25) is 5.91 Å². The molecule has 1 heterocycles. The van der Waals surface area contributed by atoms with E-state index in [4.69, 9.17) is 16.3 Å². The first-order valence-corrected chi connectivity index (χ1v) is 7.45. The molecule has 1 amide bonds. The van der Waals surface area contributed by atoms with Crippen LogP contribution in [-0.2, 0) is 9.53 Å². The lowest BCUT2D eigenvalue weighted by molar-refractivity contribution is -0.128. The van der Waals surface area contributed by atoms with Gasteiger partial charge in [-0.1, -0.05) is 29.8 Å². The lowest BCUT2D eigenvalue weighted by Gasteiger charge is -2.20. The van der Waals surface area contributed by atoms with Gasteiger partial charge in [0.15, 0.2) is 0 Å². The molecule has 116 valence electrons. The Kier molecular flexibility index (Phi) is 5.92. The van der Waals surface area contributed by atoms with Crippen LogP contribution in [0.3, 0.4) is 0 Å². The monoisotopic (exact) mass is 318 g/mol. The van der Waals surface area contributed by atoms with Crippen LogP contribution in [0.4, 0.5) is 0 Å². The van der Waals surface area contributed by atoms with Gasteiger partial charge in [-0.15, -0.1) is 0 Å². The van der Waals surface area contributed by atoms with Crippen LogP contribution in [0.1, 0.15) is 24.3 Å². The molecule has 1 atom stereocenters. The van der Waals surface area contributed by atoms with E-state index in [0.29, 0.717) is 18.2 Å². The summed E-state index contributed by atoms with van der Waals surface area (Å²) in [6.07, 6.45) is 1.46. The Bertz CT molecular complexity index is 602. The number of halogens is 1. The second-order valence-electron chi connectivity index (χ2n) is 5.00. The fourth-order valence-electron chi connectivity index (χ4n) is 1.99. The predicted octanol–water partition coefficient (Wildman–Crippen LogP) is 3.32. The van der Waals surface area contributed by atoms with Crippen molar-refractivity contribution < 1.29 is 9.53 Å². The lowest BCUT2D eigenvalue weighted by Crippen LogP contribution is -2.28. The Balaban J connectivity index is 2.12. The summed E-state index contributed by atoms with van der Waals surface area (Å²) in [6.45, 7) is 2.50. The molecule has 1 aromatic carbocycles. The van der Waals surface area contributed by atoms with E-state index in [1.54, 1.807) is 18.1 Å². The molecular formula is C17H19ClN2O2. The van der Waals surface area contributed by atoms with Gasteiger partial charge in [-0.3, -0.25) is 9.78 Å². The van der Waals surface area contributed by atoms with Crippen LogP contribution in [0.25, 0.3) is 0 Å². The Labute approximate surface area is 135 Å². The molecule has 0 radical (unpaired) electrons. The second kappa shape index (κ2) is 7.92. The second-order valence-corrected chi connectivity index (χ2v) is 5.43. The quantitative estimate of drug-likeness (QED) is 0.820. The van der Waals surface area contributed by atoms with Gasteiger partial charge in [-0.2, -0.15) is 0 Å². The molecule has 5 heteroatoms. The number of rotatable bonds is 6.